The number of anilines is 1. The number of nitrogens with zero attached hydrogens (tertiary/aromatic N) is 2. The second-order valence-electron chi connectivity index (χ2n) is 6.34. The number of phosphoric ester groups is 1. The van der Waals surface area contributed by atoms with Gasteiger partial charge in [-0.2, -0.15) is 0 Å². The van der Waals surface area contributed by atoms with Gasteiger partial charge in [0.05, 0.1) is 12.9 Å². The van der Waals surface area contributed by atoms with Gasteiger partial charge in [0.15, 0.2) is 18.0 Å². The number of hydrogen-bond acceptors (Lipinski definition) is 10. The summed E-state index contributed by atoms with van der Waals surface area (Å²) in [6, 6.07) is 7.92. The minimum atomic E-state index is -4.88. The number of carbonyl (C=O) groups is 2. The number of aromatic nitrogens is 2. The van der Waals surface area contributed by atoms with Gasteiger partial charge in [-0.1, -0.05) is 18.2 Å². The Hall–Kier alpha value is -3.00. The van der Waals surface area contributed by atoms with Crippen molar-refractivity contribution in [3.8, 4) is 5.75 Å². The molecule has 15 heteroatoms. The Morgan fingerprint density at radius 2 is 1.94 bits per heavy atom. The quantitative estimate of drug-likeness (QED) is 0.202. The normalized spacial score (nSPS) is 23.5. The molecule has 14 nitrogen and oxygen atoms in total. The fourth-order valence-corrected chi connectivity index (χ4v) is 3.20. The third-order valence-electron chi connectivity index (χ3n) is 4.24. The van der Waals surface area contributed by atoms with Gasteiger partial charge in [-0.15, -0.1) is 0 Å². The van der Waals surface area contributed by atoms with Gasteiger partial charge in [-0.25, -0.2) is 14.3 Å². The van der Waals surface area contributed by atoms with Crippen LogP contribution in [0.4, 0.5) is 10.6 Å². The molecule has 1 aliphatic heterocycles. The zero-order valence-electron chi connectivity index (χ0n) is 15.7. The fraction of sp³-hybridized carbons (Fsp3) is 0.312. The molecule has 1 amide bonds. The van der Waals surface area contributed by atoms with E-state index >= 15 is 0 Å². The third kappa shape index (κ3) is 5.38. The van der Waals surface area contributed by atoms with Crippen LogP contribution in [0, 0.1) is 0 Å². The summed E-state index contributed by atoms with van der Waals surface area (Å²) in [5.74, 6) is -1.01. The highest BCUT2D eigenvalue weighted by atomic mass is 31.2. The lowest BCUT2D eigenvalue weighted by Crippen LogP contribution is -2.38. The zero-order chi connectivity index (χ0) is 22.8. The number of aliphatic hydroxyl groups excluding tert-OH is 1. The van der Waals surface area contributed by atoms with Crippen LogP contribution in [0.1, 0.15) is 16.7 Å². The highest BCUT2D eigenvalue weighted by Crippen LogP contribution is 2.39. The number of nitrogens with two attached hydrogens (primary N) is 2. The van der Waals surface area contributed by atoms with E-state index in [0.29, 0.717) is 0 Å². The van der Waals surface area contributed by atoms with E-state index in [1.165, 1.54) is 12.1 Å². The van der Waals surface area contributed by atoms with Crippen LogP contribution in [0.5, 0.6) is 5.75 Å². The van der Waals surface area contributed by atoms with Gasteiger partial charge in [0.1, 0.15) is 23.8 Å². The monoisotopic (exact) mass is 458 g/mol. The number of carbonyl (C=O) groups excluding carboxylic acids is 2. The van der Waals surface area contributed by atoms with Gasteiger partial charge >= 0.3 is 14.0 Å². The zero-order valence-corrected chi connectivity index (χ0v) is 16.6. The molecule has 1 fully saturated rings. The van der Waals surface area contributed by atoms with Crippen LogP contribution in [0.2, 0.25) is 0 Å². The van der Waals surface area contributed by atoms with Gasteiger partial charge < -0.3 is 40.6 Å². The predicted octanol–water partition coefficient (Wildman–Crippen LogP) is -0.484. The van der Waals surface area contributed by atoms with Gasteiger partial charge in [-0.05, 0) is 12.1 Å². The van der Waals surface area contributed by atoms with Crippen LogP contribution in [-0.2, 0) is 18.6 Å². The lowest BCUT2D eigenvalue weighted by molar-refractivity contribution is -0.0572. The molecule has 0 saturated carbocycles. The summed E-state index contributed by atoms with van der Waals surface area (Å²) in [5.41, 5.74) is 10.7. The molecule has 0 spiro atoms. The number of rotatable bonds is 7. The summed E-state index contributed by atoms with van der Waals surface area (Å²) < 4.78 is 32.2. The number of phosphoric acid groups is 1. The minimum absolute atomic E-state index is 0.164. The standard InChI is InChI=1S/C16H19N4O10P/c17-13-10(14(18)22)19-7-20(13)15-12(11(21)9(29-15)6-27-31(24,25)26)30-16(23)28-8-4-2-1-3-5-8/h1-5,7,9,11-12,15,21H,6,17H2,(H2,18,22)(H2,24,25,26)/t9-,11-,12-,15-/m1/s1. The van der Waals surface area contributed by atoms with Crippen LogP contribution >= 0.6 is 7.82 Å². The van der Waals surface area contributed by atoms with Gasteiger partial charge in [0.25, 0.3) is 5.91 Å². The molecular formula is C16H19N4O10P. The molecule has 1 aromatic carbocycles. The molecule has 2 aromatic rings. The first kappa shape index (κ1) is 22.7. The second-order valence-corrected chi connectivity index (χ2v) is 7.58. The topological polar surface area (TPSA) is 219 Å². The maximum atomic E-state index is 12.2. The summed E-state index contributed by atoms with van der Waals surface area (Å²) in [4.78, 5) is 45.2. The number of benzene rings is 1. The number of primary amides is 1. The highest BCUT2D eigenvalue weighted by Gasteiger charge is 2.49. The first-order chi connectivity index (χ1) is 14.6. The molecule has 4 atom stereocenters. The number of aliphatic hydroxyl groups is 1. The van der Waals surface area contributed by atoms with Crippen LogP contribution in [0.25, 0.3) is 0 Å². The average Bonchev–Trinajstić information content (AvgIpc) is 3.21. The molecule has 2 heterocycles. The highest BCUT2D eigenvalue weighted by molar-refractivity contribution is 7.46. The number of para-hydroxylation sites is 1. The van der Waals surface area contributed by atoms with Crippen molar-refractivity contribution in [2.24, 2.45) is 5.73 Å². The van der Waals surface area contributed by atoms with Crippen molar-refractivity contribution in [3.05, 3.63) is 42.4 Å². The van der Waals surface area contributed by atoms with E-state index in [2.05, 4.69) is 9.51 Å². The van der Waals surface area contributed by atoms with Gasteiger partial charge in [0.2, 0.25) is 0 Å². The van der Waals surface area contributed by atoms with Crippen LogP contribution in [0.3, 0.4) is 0 Å². The lowest BCUT2D eigenvalue weighted by Gasteiger charge is -2.22. The first-order valence-electron chi connectivity index (χ1n) is 8.66. The van der Waals surface area contributed by atoms with E-state index in [1.807, 2.05) is 0 Å². The largest absolute Gasteiger partial charge is 0.514 e. The van der Waals surface area contributed by atoms with E-state index in [1.54, 1.807) is 18.2 Å². The number of ether oxygens (including phenoxy) is 3. The Morgan fingerprint density at radius 1 is 1.26 bits per heavy atom. The Bertz CT molecular complexity index is 994. The third-order valence-corrected chi connectivity index (χ3v) is 4.72. The van der Waals surface area contributed by atoms with Gasteiger partial charge in [-0.3, -0.25) is 13.9 Å². The van der Waals surface area contributed by atoms with Crippen LogP contribution < -0.4 is 16.2 Å². The molecule has 168 valence electrons. The van der Waals surface area contributed by atoms with Crippen LogP contribution in [-0.4, -0.2) is 61.4 Å². The van der Waals surface area contributed by atoms with Crippen molar-refractivity contribution in [1.82, 2.24) is 9.55 Å². The SMILES string of the molecule is NC(=O)c1ncn([C@@H]2O[C@H](COP(=O)(O)O)[C@@H](O)[C@H]2OC(=O)Oc2ccccc2)c1N. The number of hydrogen-bond donors (Lipinski definition) is 5. The van der Waals surface area contributed by atoms with E-state index in [4.69, 9.17) is 35.5 Å². The first-order valence-corrected chi connectivity index (χ1v) is 10.2. The second kappa shape index (κ2) is 9.01. The van der Waals surface area contributed by atoms with Crippen molar-refractivity contribution < 1.29 is 47.8 Å². The summed E-state index contributed by atoms with van der Waals surface area (Å²) in [6.07, 6.45) is -5.90. The summed E-state index contributed by atoms with van der Waals surface area (Å²) >= 11 is 0. The fourth-order valence-electron chi connectivity index (χ4n) is 2.86. The number of imidazole rings is 1. The number of amides is 1. The van der Waals surface area contributed by atoms with E-state index < -0.39 is 51.0 Å². The van der Waals surface area contributed by atoms with Crippen molar-refractivity contribution in [2.45, 2.75) is 24.5 Å². The molecule has 1 aromatic heterocycles. The predicted molar refractivity (Wildman–Crippen MR) is 100 cm³/mol. The van der Waals surface area contributed by atoms with Gasteiger partial charge in [0, 0.05) is 0 Å². The van der Waals surface area contributed by atoms with Crippen LogP contribution in [0.15, 0.2) is 36.7 Å². The molecule has 31 heavy (non-hydrogen) atoms. The maximum Gasteiger partial charge on any atom is 0.514 e. The van der Waals surface area contributed by atoms with E-state index in [-0.39, 0.29) is 17.3 Å². The average molecular weight is 458 g/mol. The maximum absolute atomic E-state index is 12.2. The van der Waals surface area contributed by atoms with E-state index in [9.17, 15) is 19.3 Å². The minimum Gasteiger partial charge on any atom is -0.423 e. The Labute approximate surface area is 174 Å². The Morgan fingerprint density at radius 3 is 2.52 bits per heavy atom. The molecule has 0 bridgehead atoms. The molecule has 3 rings (SSSR count). The molecular weight excluding hydrogens is 439 g/mol. The summed E-state index contributed by atoms with van der Waals surface area (Å²) in [7, 11) is -4.88. The molecule has 0 aliphatic carbocycles. The van der Waals surface area contributed by atoms with Crippen molar-refractivity contribution in [2.75, 3.05) is 12.3 Å². The van der Waals surface area contributed by atoms with Crippen molar-refractivity contribution in [3.63, 3.8) is 0 Å². The smallest absolute Gasteiger partial charge is 0.423 e. The van der Waals surface area contributed by atoms with E-state index in [0.717, 1.165) is 10.9 Å². The molecule has 0 unspecified atom stereocenters. The molecule has 1 saturated heterocycles. The summed E-state index contributed by atoms with van der Waals surface area (Å²) in [5, 5.41) is 10.5. The molecule has 0 radical (unpaired) electrons. The molecule has 1 aliphatic rings. The van der Waals surface area contributed by atoms with Crippen molar-refractivity contribution >= 4 is 25.7 Å². The Kier molecular flexibility index (Phi) is 6.59. The Balaban J connectivity index is 1.83. The molecule has 7 N–H and O–H groups in total. The lowest BCUT2D eigenvalue weighted by atomic mass is 10.1. The van der Waals surface area contributed by atoms with Crippen molar-refractivity contribution in [1.29, 1.82) is 0 Å². The summed E-state index contributed by atoms with van der Waals surface area (Å²) in [6.45, 7) is -0.743. The number of nitrogen functional groups attached to an aromatic ring is 1.